The number of rotatable bonds is 6. The molecule has 4 rings (SSSR count). The molecule has 0 radical (unpaired) electrons. The summed E-state index contributed by atoms with van der Waals surface area (Å²) in [5.74, 6) is -0.0533. The highest BCUT2D eigenvalue weighted by atomic mass is 35.5. The van der Waals surface area contributed by atoms with Crippen molar-refractivity contribution >= 4 is 52.3 Å². The van der Waals surface area contributed by atoms with E-state index in [0.29, 0.717) is 28.7 Å². The van der Waals surface area contributed by atoms with Gasteiger partial charge < -0.3 is 14.2 Å². The zero-order chi connectivity index (χ0) is 22.7. The fraction of sp³-hybridized carbons (Fsp3) is 0.261. The molecule has 0 aliphatic carbocycles. The van der Waals surface area contributed by atoms with Gasteiger partial charge in [0.1, 0.15) is 6.26 Å². The number of benzene rings is 2. The molecule has 0 saturated carbocycles. The second kappa shape index (κ2) is 9.98. The first-order valence-electron chi connectivity index (χ1n) is 10.1. The van der Waals surface area contributed by atoms with Gasteiger partial charge in [-0.1, -0.05) is 29.3 Å². The molecule has 1 fully saturated rings. The van der Waals surface area contributed by atoms with Crippen LogP contribution >= 0.6 is 35.0 Å². The van der Waals surface area contributed by atoms with Crippen LogP contribution < -0.4 is 4.90 Å². The van der Waals surface area contributed by atoms with Gasteiger partial charge in [0.25, 0.3) is 11.8 Å². The average molecular weight is 490 g/mol. The molecule has 0 spiro atoms. The summed E-state index contributed by atoms with van der Waals surface area (Å²) in [5.41, 5.74) is 1.59. The smallest absolute Gasteiger partial charge is 0.263 e. The van der Waals surface area contributed by atoms with Crippen molar-refractivity contribution in [2.75, 3.05) is 30.3 Å². The number of Topliss-reactive ketones (excluding diaryl/α,β-unsaturated/α-hetero) is 1. The van der Waals surface area contributed by atoms with Gasteiger partial charge in [-0.25, -0.2) is 4.98 Å². The molecule has 166 valence electrons. The van der Waals surface area contributed by atoms with Crippen molar-refractivity contribution in [3.05, 3.63) is 76.4 Å². The van der Waals surface area contributed by atoms with Gasteiger partial charge in [-0.3, -0.25) is 9.59 Å². The van der Waals surface area contributed by atoms with Crippen LogP contribution in [0.2, 0.25) is 10.0 Å². The van der Waals surface area contributed by atoms with Crippen LogP contribution in [0.25, 0.3) is 0 Å². The summed E-state index contributed by atoms with van der Waals surface area (Å²) >= 11 is 13.8. The number of carbonyl (C=O) groups excluding carboxylic acids is 2. The Kier molecular flexibility index (Phi) is 7.08. The first kappa shape index (κ1) is 22.7. The van der Waals surface area contributed by atoms with Gasteiger partial charge in [0, 0.05) is 46.8 Å². The minimum Gasteiger partial charge on any atom is -0.442 e. The fourth-order valence-corrected chi connectivity index (χ4v) is 4.98. The molecular weight excluding hydrogens is 469 g/mol. The van der Waals surface area contributed by atoms with Crippen LogP contribution in [0.5, 0.6) is 0 Å². The van der Waals surface area contributed by atoms with Crippen LogP contribution in [0.3, 0.4) is 0 Å². The van der Waals surface area contributed by atoms with Crippen molar-refractivity contribution in [1.29, 1.82) is 0 Å². The van der Waals surface area contributed by atoms with Crippen LogP contribution in [-0.2, 0) is 0 Å². The predicted molar refractivity (Wildman–Crippen MR) is 127 cm³/mol. The molecular formula is C23H21Cl2N3O3S. The molecule has 0 bridgehead atoms. The lowest BCUT2D eigenvalue weighted by Crippen LogP contribution is -2.53. The van der Waals surface area contributed by atoms with E-state index in [0.717, 1.165) is 17.1 Å². The molecule has 2 aromatic carbocycles. The Morgan fingerprint density at radius 2 is 2.03 bits per heavy atom. The number of oxazole rings is 1. The van der Waals surface area contributed by atoms with Crippen molar-refractivity contribution in [2.24, 2.45) is 0 Å². The number of anilines is 1. The van der Waals surface area contributed by atoms with E-state index in [-0.39, 0.29) is 29.4 Å². The van der Waals surface area contributed by atoms with Gasteiger partial charge in [0.15, 0.2) is 0 Å². The van der Waals surface area contributed by atoms with Gasteiger partial charge in [-0.2, -0.15) is 0 Å². The molecule has 6 nitrogen and oxygen atoms in total. The maximum Gasteiger partial charge on any atom is 0.263 e. The number of hydrogen-bond acceptors (Lipinski definition) is 6. The van der Waals surface area contributed by atoms with Crippen LogP contribution in [0.1, 0.15) is 28.0 Å². The summed E-state index contributed by atoms with van der Waals surface area (Å²) in [6.45, 7) is 4.02. The zero-order valence-electron chi connectivity index (χ0n) is 17.3. The summed E-state index contributed by atoms with van der Waals surface area (Å²) in [4.78, 5) is 33.8. The molecule has 0 N–H and O–H groups in total. The van der Waals surface area contributed by atoms with Gasteiger partial charge in [0.2, 0.25) is 5.78 Å². The Balaban J connectivity index is 1.38. The minimum absolute atomic E-state index is 0.0584. The van der Waals surface area contributed by atoms with Gasteiger partial charge in [-0.05, 0) is 43.3 Å². The number of thioether (sulfide) groups is 1. The lowest BCUT2D eigenvalue weighted by atomic mass is 10.1. The van der Waals surface area contributed by atoms with Crippen LogP contribution in [-0.4, -0.2) is 53.0 Å². The molecule has 1 amide bonds. The SMILES string of the molecule is CC1CN(C(=O)c2ccc(SCC(=O)c3ncco3)c(Cl)c2)CCN1c1cccc(Cl)c1. The number of halogens is 2. The molecule has 32 heavy (non-hydrogen) atoms. The largest absolute Gasteiger partial charge is 0.442 e. The van der Waals surface area contributed by atoms with E-state index >= 15 is 0 Å². The Hall–Kier alpha value is -2.48. The highest BCUT2D eigenvalue weighted by molar-refractivity contribution is 8.00. The van der Waals surface area contributed by atoms with E-state index in [2.05, 4.69) is 16.8 Å². The predicted octanol–water partition coefficient (Wildman–Crippen LogP) is 5.31. The van der Waals surface area contributed by atoms with E-state index in [1.165, 1.54) is 24.2 Å². The number of piperazine rings is 1. The van der Waals surface area contributed by atoms with Crippen molar-refractivity contribution in [1.82, 2.24) is 9.88 Å². The number of carbonyl (C=O) groups is 2. The standard InChI is InChI=1S/C23H21Cl2N3O3S/c1-15-13-27(8-9-28(15)18-4-2-3-17(24)12-18)23(30)16-5-6-21(19(25)11-16)32-14-20(29)22-26-7-10-31-22/h2-7,10-12,15H,8-9,13-14H2,1H3. The maximum atomic E-state index is 13.1. The van der Waals surface area contributed by atoms with Gasteiger partial charge >= 0.3 is 0 Å². The molecule has 1 saturated heterocycles. The number of ketones is 1. The number of hydrogen-bond donors (Lipinski definition) is 0. The van der Waals surface area contributed by atoms with Crippen molar-refractivity contribution < 1.29 is 14.0 Å². The molecule has 1 aliphatic rings. The van der Waals surface area contributed by atoms with E-state index in [1.807, 2.05) is 29.2 Å². The third-order valence-corrected chi connectivity index (χ3v) is 7.00. The zero-order valence-corrected chi connectivity index (χ0v) is 19.7. The molecule has 1 unspecified atom stereocenters. The Morgan fingerprint density at radius 1 is 1.19 bits per heavy atom. The summed E-state index contributed by atoms with van der Waals surface area (Å²) in [5, 5.41) is 1.13. The first-order valence-corrected chi connectivity index (χ1v) is 11.8. The van der Waals surface area contributed by atoms with Crippen molar-refractivity contribution in [3.8, 4) is 0 Å². The molecule has 2 heterocycles. The average Bonchev–Trinajstić information content (AvgIpc) is 3.32. The van der Waals surface area contributed by atoms with Crippen LogP contribution in [0.15, 0.2) is 64.2 Å². The van der Waals surface area contributed by atoms with Crippen LogP contribution in [0, 0.1) is 0 Å². The third kappa shape index (κ3) is 5.11. The third-order valence-electron chi connectivity index (χ3n) is 5.26. The second-order valence-electron chi connectivity index (χ2n) is 7.47. The van der Waals surface area contributed by atoms with Gasteiger partial charge in [0.05, 0.1) is 17.0 Å². The Morgan fingerprint density at radius 3 is 2.72 bits per heavy atom. The van der Waals surface area contributed by atoms with E-state index in [9.17, 15) is 9.59 Å². The van der Waals surface area contributed by atoms with Crippen molar-refractivity contribution in [2.45, 2.75) is 17.9 Å². The number of aromatic nitrogens is 1. The lowest BCUT2D eigenvalue weighted by Gasteiger charge is -2.41. The monoisotopic (exact) mass is 489 g/mol. The van der Waals surface area contributed by atoms with Crippen molar-refractivity contribution in [3.63, 3.8) is 0 Å². The minimum atomic E-state index is -0.220. The molecule has 9 heteroatoms. The number of amides is 1. The summed E-state index contributed by atoms with van der Waals surface area (Å²) in [6.07, 6.45) is 2.79. The topological polar surface area (TPSA) is 66.7 Å². The Labute approximate surface area is 200 Å². The van der Waals surface area contributed by atoms with Crippen LogP contribution in [0.4, 0.5) is 5.69 Å². The fourth-order valence-electron chi connectivity index (χ4n) is 3.68. The Bertz CT molecular complexity index is 1120. The summed E-state index contributed by atoms with van der Waals surface area (Å²) in [7, 11) is 0. The highest BCUT2D eigenvalue weighted by Crippen LogP contribution is 2.30. The lowest BCUT2D eigenvalue weighted by molar-refractivity contribution is 0.0726. The quantitative estimate of drug-likeness (QED) is 0.345. The normalized spacial score (nSPS) is 16.3. The first-order chi connectivity index (χ1) is 15.4. The van der Waals surface area contributed by atoms with Gasteiger partial charge in [-0.15, -0.1) is 11.8 Å². The van der Waals surface area contributed by atoms with E-state index in [1.54, 1.807) is 18.2 Å². The summed E-state index contributed by atoms with van der Waals surface area (Å²) in [6, 6.07) is 13.1. The highest BCUT2D eigenvalue weighted by Gasteiger charge is 2.28. The van der Waals surface area contributed by atoms with E-state index in [4.69, 9.17) is 27.6 Å². The number of nitrogens with zero attached hydrogens (tertiary/aromatic N) is 3. The summed E-state index contributed by atoms with van der Waals surface area (Å²) < 4.78 is 5.01. The molecule has 3 aromatic rings. The molecule has 1 aromatic heterocycles. The maximum absolute atomic E-state index is 13.1. The van der Waals surface area contributed by atoms with E-state index < -0.39 is 0 Å². The molecule has 1 aliphatic heterocycles. The molecule has 1 atom stereocenters. The second-order valence-corrected chi connectivity index (χ2v) is 9.33.